The Bertz CT molecular complexity index is 533. The predicted molar refractivity (Wildman–Crippen MR) is 74.0 cm³/mol. The minimum atomic E-state index is 0.643. The Morgan fingerprint density at radius 1 is 1.18 bits per heavy atom. The van der Waals surface area contributed by atoms with Crippen LogP contribution in [0, 0.1) is 0 Å². The Kier molecular flexibility index (Phi) is 3.81. The molecule has 1 aromatic heterocycles. The van der Waals surface area contributed by atoms with Crippen LogP contribution < -0.4 is 10.6 Å². The fourth-order valence-electron chi connectivity index (χ4n) is 1.32. The van der Waals surface area contributed by atoms with E-state index in [4.69, 9.17) is 11.6 Å². The molecule has 2 aromatic rings. The van der Waals surface area contributed by atoms with Crippen molar-refractivity contribution in [1.82, 2.24) is 9.97 Å². The highest BCUT2D eigenvalue weighted by atomic mass is 79.9. The Hall–Kier alpha value is -1.33. The summed E-state index contributed by atoms with van der Waals surface area (Å²) in [5, 5.41) is 6.75. The number of halogens is 2. The number of aromatic nitrogens is 2. The molecule has 1 heterocycles. The van der Waals surface area contributed by atoms with Gasteiger partial charge in [-0.15, -0.1) is 0 Å². The third kappa shape index (κ3) is 2.68. The van der Waals surface area contributed by atoms with Crippen molar-refractivity contribution in [2.45, 2.75) is 0 Å². The minimum absolute atomic E-state index is 0.643. The van der Waals surface area contributed by atoms with Gasteiger partial charge in [0.15, 0.2) is 0 Å². The van der Waals surface area contributed by atoms with E-state index in [-0.39, 0.29) is 0 Å². The van der Waals surface area contributed by atoms with Gasteiger partial charge in [0.25, 0.3) is 0 Å². The summed E-state index contributed by atoms with van der Waals surface area (Å²) >= 11 is 9.49. The van der Waals surface area contributed by atoms with Gasteiger partial charge in [0.2, 0.25) is 0 Å². The first-order chi connectivity index (χ1) is 8.22. The Morgan fingerprint density at radius 3 is 2.59 bits per heavy atom. The topological polar surface area (TPSA) is 49.8 Å². The summed E-state index contributed by atoms with van der Waals surface area (Å²) < 4.78 is 0.766. The van der Waals surface area contributed by atoms with Gasteiger partial charge in [-0.05, 0) is 28.1 Å². The zero-order chi connectivity index (χ0) is 12.3. The minimum Gasteiger partial charge on any atom is -0.372 e. The maximum absolute atomic E-state index is 6.06. The molecule has 0 aliphatic heterocycles. The lowest BCUT2D eigenvalue weighted by molar-refractivity contribution is 1.14. The molecule has 0 atom stereocenters. The quantitative estimate of drug-likeness (QED) is 0.907. The SMILES string of the molecule is CNc1ncnc(Nc2ccccc2Cl)c1Br. The molecule has 2 N–H and O–H groups in total. The molecule has 0 bridgehead atoms. The van der Waals surface area contributed by atoms with Gasteiger partial charge in [-0.2, -0.15) is 0 Å². The summed E-state index contributed by atoms with van der Waals surface area (Å²) in [4.78, 5) is 8.23. The Morgan fingerprint density at radius 2 is 1.88 bits per heavy atom. The fourth-order valence-corrected chi connectivity index (χ4v) is 2.01. The summed E-state index contributed by atoms with van der Waals surface area (Å²) in [5.41, 5.74) is 0.801. The van der Waals surface area contributed by atoms with E-state index >= 15 is 0 Å². The van der Waals surface area contributed by atoms with E-state index in [1.807, 2.05) is 24.3 Å². The predicted octanol–water partition coefficient (Wildman–Crippen LogP) is 3.68. The maximum atomic E-state index is 6.06. The van der Waals surface area contributed by atoms with Gasteiger partial charge in [0, 0.05) is 7.05 Å². The lowest BCUT2D eigenvalue weighted by Gasteiger charge is -2.10. The van der Waals surface area contributed by atoms with Crippen molar-refractivity contribution in [3.05, 3.63) is 40.1 Å². The first-order valence-corrected chi connectivity index (χ1v) is 6.09. The number of anilines is 3. The smallest absolute Gasteiger partial charge is 0.150 e. The standard InChI is InChI=1S/C11H10BrClN4/c1-14-10-9(12)11(16-6-15-10)17-8-5-3-2-4-7(8)13/h2-6H,1H3,(H2,14,15,16,17). The lowest BCUT2D eigenvalue weighted by atomic mass is 10.3. The van der Waals surface area contributed by atoms with Crippen LogP contribution in [0.1, 0.15) is 0 Å². The number of para-hydroxylation sites is 1. The Balaban J connectivity index is 2.34. The molecular weight excluding hydrogens is 304 g/mol. The number of hydrogen-bond acceptors (Lipinski definition) is 4. The lowest BCUT2D eigenvalue weighted by Crippen LogP contribution is -2.00. The molecular formula is C11H10BrClN4. The van der Waals surface area contributed by atoms with Crippen molar-refractivity contribution in [1.29, 1.82) is 0 Å². The molecule has 0 radical (unpaired) electrons. The Labute approximate surface area is 113 Å². The summed E-state index contributed by atoms with van der Waals surface area (Å²) in [7, 11) is 1.80. The van der Waals surface area contributed by atoms with Crippen LogP contribution in [0.5, 0.6) is 0 Å². The highest BCUT2D eigenvalue weighted by Gasteiger charge is 2.08. The third-order valence-corrected chi connectivity index (χ3v) is 3.23. The number of nitrogens with one attached hydrogen (secondary N) is 2. The molecule has 0 spiro atoms. The molecule has 88 valence electrons. The molecule has 0 unspecified atom stereocenters. The van der Waals surface area contributed by atoms with Crippen LogP contribution in [0.15, 0.2) is 35.1 Å². The van der Waals surface area contributed by atoms with Crippen LogP contribution in [-0.4, -0.2) is 17.0 Å². The van der Waals surface area contributed by atoms with Crippen molar-refractivity contribution in [3.63, 3.8) is 0 Å². The molecule has 0 fully saturated rings. The van der Waals surface area contributed by atoms with E-state index in [1.54, 1.807) is 7.05 Å². The van der Waals surface area contributed by atoms with E-state index in [1.165, 1.54) is 6.33 Å². The molecule has 0 amide bonds. The van der Waals surface area contributed by atoms with Crippen LogP contribution >= 0.6 is 27.5 Å². The average molecular weight is 314 g/mol. The molecule has 1 aromatic carbocycles. The molecule has 0 saturated heterocycles. The van der Waals surface area contributed by atoms with E-state index < -0.39 is 0 Å². The third-order valence-electron chi connectivity index (χ3n) is 2.15. The zero-order valence-electron chi connectivity index (χ0n) is 9.04. The van der Waals surface area contributed by atoms with Crippen molar-refractivity contribution in [2.24, 2.45) is 0 Å². The molecule has 4 nitrogen and oxygen atoms in total. The largest absolute Gasteiger partial charge is 0.372 e. The van der Waals surface area contributed by atoms with E-state index in [2.05, 4.69) is 36.5 Å². The van der Waals surface area contributed by atoms with Gasteiger partial charge in [-0.1, -0.05) is 23.7 Å². The van der Waals surface area contributed by atoms with Crippen molar-refractivity contribution < 1.29 is 0 Å². The zero-order valence-corrected chi connectivity index (χ0v) is 11.4. The number of hydrogen-bond donors (Lipinski definition) is 2. The molecule has 6 heteroatoms. The normalized spacial score (nSPS) is 10.1. The van der Waals surface area contributed by atoms with Crippen molar-refractivity contribution in [3.8, 4) is 0 Å². The van der Waals surface area contributed by atoms with Gasteiger partial charge in [0.1, 0.15) is 22.4 Å². The van der Waals surface area contributed by atoms with E-state index in [0.717, 1.165) is 16.0 Å². The van der Waals surface area contributed by atoms with Crippen molar-refractivity contribution >= 4 is 44.9 Å². The molecule has 2 rings (SSSR count). The van der Waals surface area contributed by atoms with Crippen LogP contribution in [-0.2, 0) is 0 Å². The van der Waals surface area contributed by atoms with Gasteiger partial charge in [0.05, 0.1) is 10.7 Å². The van der Waals surface area contributed by atoms with Crippen LogP contribution in [0.3, 0.4) is 0 Å². The van der Waals surface area contributed by atoms with Crippen LogP contribution in [0.25, 0.3) is 0 Å². The van der Waals surface area contributed by atoms with Crippen molar-refractivity contribution in [2.75, 3.05) is 17.7 Å². The highest BCUT2D eigenvalue weighted by Crippen LogP contribution is 2.31. The van der Waals surface area contributed by atoms with Crippen LogP contribution in [0.2, 0.25) is 5.02 Å². The molecule has 0 aliphatic rings. The van der Waals surface area contributed by atoms with E-state index in [9.17, 15) is 0 Å². The molecule has 0 aliphatic carbocycles. The fraction of sp³-hybridized carbons (Fsp3) is 0.0909. The van der Waals surface area contributed by atoms with Gasteiger partial charge in [-0.3, -0.25) is 0 Å². The monoisotopic (exact) mass is 312 g/mol. The summed E-state index contributed by atoms with van der Waals surface area (Å²) in [6.07, 6.45) is 1.48. The number of benzene rings is 1. The summed E-state index contributed by atoms with van der Waals surface area (Å²) in [5.74, 6) is 1.38. The molecule has 17 heavy (non-hydrogen) atoms. The average Bonchev–Trinajstić information content (AvgIpc) is 2.34. The molecule has 0 saturated carbocycles. The number of rotatable bonds is 3. The van der Waals surface area contributed by atoms with E-state index in [0.29, 0.717) is 10.8 Å². The summed E-state index contributed by atoms with van der Waals surface area (Å²) in [6, 6.07) is 7.48. The second-order valence-corrected chi connectivity index (χ2v) is 4.44. The first-order valence-electron chi connectivity index (χ1n) is 4.92. The highest BCUT2D eigenvalue weighted by molar-refractivity contribution is 9.10. The second-order valence-electron chi connectivity index (χ2n) is 3.24. The second kappa shape index (κ2) is 5.33. The van der Waals surface area contributed by atoms with Gasteiger partial charge < -0.3 is 10.6 Å². The van der Waals surface area contributed by atoms with Gasteiger partial charge in [-0.25, -0.2) is 9.97 Å². The summed E-state index contributed by atoms with van der Waals surface area (Å²) in [6.45, 7) is 0. The maximum Gasteiger partial charge on any atom is 0.150 e. The van der Waals surface area contributed by atoms with Crippen LogP contribution in [0.4, 0.5) is 17.3 Å². The number of nitrogens with zero attached hydrogens (tertiary/aromatic N) is 2. The first kappa shape index (κ1) is 12.1. The van der Waals surface area contributed by atoms with Gasteiger partial charge >= 0.3 is 0 Å².